The molecule has 134 valence electrons. The molecule has 2 heterocycles. The lowest BCUT2D eigenvalue weighted by Crippen LogP contribution is -2.28. The van der Waals surface area contributed by atoms with Crippen molar-refractivity contribution in [2.24, 2.45) is 0 Å². The first-order valence-electron chi connectivity index (χ1n) is 8.27. The largest absolute Gasteiger partial charge is 0.324 e. The Bertz CT molecular complexity index is 1050. The van der Waals surface area contributed by atoms with Gasteiger partial charge in [-0.2, -0.15) is 0 Å². The summed E-state index contributed by atoms with van der Waals surface area (Å²) in [6.45, 7) is -0.115. The van der Waals surface area contributed by atoms with Crippen molar-refractivity contribution in [2.75, 3.05) is 5.32 Å². The molecule has 0 saturated carbocycles. The molecule has 2 aromatic heterocycles. The van der Waals surface area contributed by atoms with E-state index in [1.807, 2.05) is 0 Å². The van der Waals surface area contributed by atoms with Crippen molar-refractivity contribution in [2.45, 2.75) is 32.2 Å². The van der Waals surface area contributed by atoms with E-state index in [0.717, 1.165) is 36.1 Å². The summed E-state index contributed by atoms with van der Waals surface area (Å²) in [6, 6.07) is 4.79. The van der Waals surface area contributed by atoms with Crippen molar-refractivity contribution >= 4 is 56.3 Å². The molecular weight excluding hydrogens is 393 g/mol. The lowest BCUT2D eigenvalue weighted by molar-refractivity contribution is -0.116. The van der Waals surface area contributed by atoms with E-state index >= 15 is 0 Å². The number of anilines is 1. The minimum atomic E-state index is -0.337. The summed E-state index contributed by atoms with van der Waals surface area (Å²) in [5.41, 5.74) is 1.45. The fraction of sp³-hybridized carbons (Fsp3) is 0.278. The van der Waals surface area contributed by atoms with E-state index in [4.69, 9.17) is 23.2 Å². The molecular formula is C18H15Cl2N3O2S. The molecule has 1 aromatic carbocycles. The minimum absolute atomic E-state index is 0.115. The first kappa shape index (κ1) is 17.5. The molecule has 1 amide bonds. The van der Waals surface area contributed by atoms with Crippen LogP contribution in [0, 0.1) is 0 Å². The standard InChI is InChI=1S/C18H15Cl2N3O2S/c19-10-5-11(20)7-12(6-10)22-15(24)8-23-9-21-17-16(18(23)25)13-3-1-2-4-14(13)26-17/h5-7,9H,1-4,8H2,(H,22,24). The van der Waals surface area contributed by atoms with Crippen LogP contribution < -0.4 is 10.9 Å². The Labute approximate surface area is 163 Å². The van der Waals surface area contributed by atoms with Gasteiger partial charge in [-0.15, -0.1) is 11.3 Å². The van der Waals surface area contributed by atoms with Crippen LogP contribution >= 0.6 is 34.5 Å². The zero-order chi connectivity index (χ0) is 18.3. The third-order valence-electron chi connectivity index (χ3n) is 4.40. The Morgan fingerprint density at radius 3 is 2.69 bits per heavy atom. The highest BCUT2D eigenvalue weighted by molar-refractivity contribution is 7.18. The second-order valence-electron chi connectivity index (χ2n) is 6.27. The van der Waals surface area contributed by atoms with Crippen LogP contribution in [0.2, 0.25) is 10.0 Å². The van der Waals surface area contributed by atoms with Crippen molar-refractivity contribution in [1.29, 1.82) is 0 Å². The molecule has 5 nitrogen and oxygen atoms in total. The fourth-order valence-corrected chi connectivity index (χ4v) is 5.02. The highest BCUT2D eigenvalue weighted by Gasteiger charge is 2.20. The number of nitrogens with one attached hydrogen (secondary N) is 1. The second-order valence-corrected chi connectivity index (χ2v) is 8.23. The highest BCUT2D eigenvalue weighted by Crippen LogP contribution is 2.33. The van der Waals surface area contributed by atoms with E-state index in [-0.39, 0.29) is 18.0 Å². The van der Waals surface area contributed by atoms with Crippen molar-refractivity contribution in [3.05, 3.63) is 55.4 Å². The third kappa shape index (κ3) is 3.37. The summed E-state index contributed by atoms with van der Waals surface area (Å²) in [6.07, 6.45) is 5.59. The van der Waals surface area contributed by atoms with Crippen LogP contribution in [0.3, 0.4) is 0 Å². The number of hydrogen-bond donors (Lipinski definition) is 1. The first-order chi connectivity index (χ1) is 12.5. The number of rotatable bonds is 3. The Morgan fingerprint density at radius 2 is 1.92 bits per heavy atom. The molecule has 3 aromatic rings. The second kappa shape index (κ2) is 7.02. The molecule has 8 heteroatoms. The summed E-state index contributed by atoms with van der Waals surface area (Å²) in [5.74, 6) is -0.337. The lowest BCUT2D eigenvalue weighted by Gasteiger charge is -2.11. The van der Waals surface area contributed by atoms with Crippen LogP contribution in [0.15, 0.2) is 29.3 Å². The van der Waals surface area contributed by atoms with Crippen LogP contribution in [-0.2, 0) is 24.2 Å². The fourth-order valence-electron chi connectivity index (χ4n) is 3.27. The number of halogens is 2. The summed E-state index contributed by atoms with van der Waals surface area (Å²) >= 11 is 13.5. The number of aromatic nitrogens is 2. The van der Waals surface area contributed by atoms with Crippen molar-refractivity contribution in [3.63, 3.8) is 0 Å². The Balaban J connectivity index is 1.61. The number of carbonyl (C=O) groups is 1. The van der Waals surface area contributed by atoms with Gasteiger partial charge in [-0.1, -0.05) is 23.2 Å². The lowest BCUT2D eigenvalue weighted by atomic mass is 9.97. The van der Waals surface area contributed by atoms with Crippen LogP contribution in [-0.4, -0.2) is 15.5 Å². The van der Waals surface area contributed by atoms with Gasteiger partial charge in [0.25, 0.3) is 5.56 Å². The maximum absolute atomic E-state index is 12.9. The Hall–Kier alpha value is -1.89. The maximum Gasteiger partial charge on any atom is 0.262 e. The topological polar surface area (TPSA) is 64.0 Å². The number of hydrogen-bond acceptors (Lipinski definition) is 4. The van der Waals surface area contributed by atoms with Crippen molar-refractivity contribution in [3.8, 4) is 0 Å². The minimum Gasteiger partial charge on any atom is -0.324 e. The number of amides is 1. The van der Waals surface area contributed by atoms with E-state index < -0.39 is 0 Å². The number of carbonyl (C=O) groups excluding carboxylic acids is 1. The molecule has 1 N–H and O–H groups in total. The maximum atomic E-state index is 12.9. The van der Waals surface area contributed by atoms with E-state index in [9.17, 15) is 9.59 Å². The van der Waals surface area contributed by atoms with Crippen LogP contribution in [0.4, 0.5) is 5.69 Å². The van der Waals surface area contributed by atoms with E-state index in [1.54, 1.807) is 29.5 Å². The van der Waals surface area contributed by atoms with Gasteiger partial charge in [-0.05, 0) is 49.4 Å². The normalized spacial score (nSPS) is 13.6. The zero-order valence-corrected chi connectivity index (χ0v) is 16.0. The van der Waals surface area contributed by atoms with E-state index in [2.05, 4.69) is 10.3 Å². The average Bonchev–Trinajstić information content (AvgIpc) is 2.95. The molecule has 1 aliphatic rings. The van der Waals surface area contributed by atoms with Crippen molar-refractivity contribution in [1.82, 2.24) is 9.55 Å². The molecule has 0 bridgehead atoms. The van der Waals surface area contributed by atoms with Crippen LogP contribution in [0.25, 0.3) is 10.2 Å². The van der Waals surface area contributed by atoms with Gasteiger partial charge in [0.1, 0.15) is 11.4 Å². The van der Waals surface area contributed by atoms with E-state index in [1.165, 1.54) is 15.8 Å². The highest BCUT2D eigenvalue weighted by atomic mass is 35.5. The molecule has 0 spiro atoms. The monoisotopic (exact) mass is 407 g/mol. The molecule has 0 radical (unpaired) electrons. The average molecular weight is 408 g/mol. The van der Waals surface area contributed by atoms with Gasteiger partial charge in [0.15, 0.2) is 0 Å². The van der Waals surface area contributed by atoms with Crippen molar-refractivity contribution < 1.29 is 4.79 Å². The number of benzene rings is 1. The predicted molar refractivity (Wildman–Crippen MR) is 106 cm³/mol. The number of aryl methyl sites for hydroxylation is 2. The van der Waals surface area contributed by atoms with Gasteiger partial charge in [0.2, 0.25) is 5.91 Å². The van der Waals surface area contributed by atoms with Crippen LogP contribution in [0.5, 0.6) is 0 Å². The quantitative estimate of drug-likeness (QED) is 0.704. The molecule has 0 unspecified atom stereocenters. The molecule has 4 rings (SSSR count). The summed E-state index contributed by atoms with van der Waals surface area (Å²) in [5, 5.41) is 4.24. The number of fused-ring (bicyclic) bond motifs is 3. The Morgan fingerprint density at radius 1 is 1.19 bits per heavy atom. The van der Waals surface area contributed by atoms with Gasteiger partial charge in [0, 0.05) is 20.6 Å². The molecule has 0 aliphatic heterocycles. The van der Waals surface area contributed by atoms with E-state index in [0.29, 0.717) is 21.1 Å². The van der Waals surface area contributed by atoms with Gasteiger partial charge in [-0.25, -0.2) is 4.98 Å². The van der Waals surface area contributed by atoms with Gasteiger partial charge >= 0.3 is 0 Å². The molecule has 0 fully saturated rings. The molecule has 0 saturated heterocycles. The summed E-state index contributed by atoms with van der Waals surface area (Å²) in [7, 11) is 0. The summed E-state index contributed by atoms with van der Waals surface area (Å²) < 4.78 is 1.35. The number of nitrogens with zero attached hydrogens (tertiary/aromatic N) is 2. The summed E-state index contributed by atoms with van der Waals surface area (Å²) in [4.78, 5) is 31.6. The smallest absolute Gasteiger partial charge is 0.262 e. The number of thiophene rings is 1. The Kier molecular flexibility index (Phi) is 4.73. The predicted octanol–water partition coefficient (Wildman–Crippen LogP) is 4.28. The third-order valence-corrected chi connectivity index (χ3v) is 6.04. The van der Waals surface area contributed by atoms with Crippen LogP contribution in [0.1, 0.15) is 23.3 Å². The molecule has 0 atom stereocenters. The first-order valence-corrected chi connectivity index (χ1v) is 9.84. The molecule has 26 heavy (non-hydrogen) atoms. The van der Waals surface area contributed by atoms with Gasteiger partial charge < -0.3 is 5.32 Å². The molecule has 1 aliphatic carbocycles. The SMILES string of the molecule is O=C(Cn1cnc2sc3c(c2c1=O)CCCC3)Nc1cc(Cl)cc(Cl)c1. The zero-order valence-electron chi connectivity index (χ0n) is 13.7. The van der Waals surface area contributed by atoms with Gasteiger partial charge in [0.05, 0.1) is 11.7 Å². The van der Waals surface area contributed by atoms with Gasteiger partial charge in [-0.3, -0.25) is 14.2 Å².